The number of quaternary nitrogens is 1. The molecule has 0 bridgehead atoms. The predicted molar refractivity (Wildman–Crippen MR) is 140 cm³/mol. The summed E-state index contributed by atoms with van der Waals surface area (Å²) in [5, 5.41) is 1.74. The number of hydrogen-bond acceptors (Lipinski definition) is 1. The van der Waals surface area contributed by atoms with Gasteiger partial charge in [0, 0.05) is 23.8 Å². The van der Waals surface area contributed by atoms with E-state index in [0.717, 1.165) is 29.5 Å². The first kappa shape index (κ1) is 24.7. The molecule has 1 saturated carbocycles. The molecule has 0 aromatic heterocycles. The second kappa shape index (κ2) is 10.8. The van der Waals surface area contributed by atoms with Gasteiger partial charge in [0.1, 0.15) is 5.69 Å². The van der Waals surface area contributed by atoms with Gasteiger partial charge < -0.3 is 4.74 Å². The number of hydrogen-bond donors (Lipinski definition) is 0. The first-order valence-electron chi connectivity index (χ1n) is 13.2. The average molecular weight is 443 g/mol. The quantitative estimate of drug-likeness (QED) is 0.249. The van der Waals surface area contributed by atoms with Crippen LogP contribution in [0.15, 0.2) is 29.6 Å². The van der Waals surface area contributed by atoms with E-state index < -0.39 is 8.07 Å². The average Bonchev–Trinajstić information content (AvgIpc) is 3.03. The molecule has 1 aromatic rings. The van der Waals surface area contributed by atoms with Gasteiger partial charge in [-0.2, -0.15) is 0 Å². The number of para-hydroxylation sites is 1. The van der Waals surface area contributed by atoms with Gasteiger partial charge in [0.25, 0.3) is 0 Å². The number of ether oxygens (including phenoxy) is 1. The molecule has 2 nitrogen and oxygen atoms in total. The number of nitrogens with zero attached hydrogens (tertiary/aromatic N) is 1. The van der Waals surface area contributed by atoms with E-state index in [2.05, 4.69) is 66.1 Å². The minimum absolute atomic E-state index is 0.770. The van der Waals surface area contributed by atoms with Gasteiger partial charge in [-0.05, 0) is 30.7 Å². The van der Waals surface area contributed by atoms with Crippen LogP contribution in [-0.4, -0.2) is 35.4 Å². The standard InChI is InChI=1S/C28H48NOSi/c1-7-11-14-23-17-19-24(20-18-23)21-30-22-26-25-15-12-13-16-27(25)29(5,6)28(26)31(8-2,9-3)10-4/h12-13,15-16,23-24H,7-11,14,17-22H2,1-6H3/q+1. The van der Waals surface area contributed by atoms with Gasteiger partial charge in [-0.3, -0.25) is 4.48 Å². The minimum atomic E-state index is -1.52. The van der Waals surface area contributed by atoms with Gasteiger partial charge in [-0.25, -0.2) is 0 Å². The van der Waals surface area contributed by atoms with Crippen molar-refractivity contribution in [1.29, 1.82) is 0 Å². The molecule has 0 amide bonds. The van der Waals surface area contributed by atoms with Gasteiger partial charge in [0.2, 0.25) is 0 Å². The summed E-state index contributed by atoms with van der Waals surface area (Å²) >= 11 is 0. The van der Waals surface area contributed by atoms with Crippen molar-refractivity contribution in [2.75, 3.05) is 27.3 Å². The van der Waals surface area contributed by atoms with Gasteiger partial charge >= 0.3 is 0 Å². The molecule has 0 N–H and O–H groups in total. The molecule has 1 fully saturated rings. The zero-order valence-electron chi connectivity index (χ0n) is 21.3. The molecular weight excluding hydrogens is 394 g/mol. The summed E-state index contributed by atoms with van der Waals surface area (Å²) in [6.45, 7) is 11.4. The summed E-state index contributed by atoms with van der Waals surface area (Å²) in [5.74, 6) is 1.75. The Labute approximate surface area is 193 Å². The maximum atomic E-state index is 6.54. The van der Waals surface area contributed by atoms with E-state index in [4.69, 9.17) is 4.74 Å². The highest BCUT2D eigenvalue weighted by Crippen LogP contribution is 2.49. The second-order valence-electron chi connectivity index (χ2n) is 10.7. The fraction of sp³-hybridized carbons (Fsp3) is 0.714. The molecule has 3 heteroatoms. The highest BCUT2D eigenvalue weighted by atomic mass is 28.3. The molecule has 0 saturated heterocycles. The summed E-state index contributed by atoms with van der Waals surface area (Å²) in [5.41, 5.74) is 4.47. The Balaban J connectivity index is 1.74. The van der Waals surface area contributed by atoms with E-state index in [1.165, 1.54) is 79.9 Å². The van der Waals surface area contributed by atoms with Gasteiger partial charge in [0.05, 0.1) is 26.0 Å². The molecule has 3 rings (SSSR count). The minimum Gasteiger partial charge on any atom is -0.376 e. The molecule has 0 spiro atoms. The van der Waals surface area contributed by atoms with E-state index in [1.54, 1.807) is 5.32 Å². The Morgan fingerprint density at radius 2 is 1.52 bits per heavy atom. The number of fused-ring (bicyclic) bond motifs is 1. The molecule has 0 atom stereocenters. The lowest BCUT2D eigenvalue weighted by Gasteiger charge is -2.39. The number of unbranched alkanes of at least 4 members (excludes halogenated alkanes) is 1. The van der Waals surface area contributed by atoms with E-state index in [0.29, 0.717) is 0 Å². The highest BCUT2D eigenvalue weighted by Gasteiger charge is 2.50. The molecule has 1 heterocycles. The van der Waals surface area contributed by atoms with Crippen LogP contribution in [-0.2, 0) is 4.74 Å². The third kappa shape index (κ3) is 5.04. The van der Waals surface area contributed by atoms with E-state index in [1.807, 2.05) is 0 Å². The fourth-order valence-electron chi connectivity index (χ4n) is 6.62. The Morgan fingerprint density at radius 1 is 0.903 bits per heavy atom. The number of rotatable bonds is 11. The molecule has 31 heavy (non-hydrogen) atoms. The predicted octanol–water partition coefficient (Wildman–Crippen LogP) is 8.04. The van der Waals surface area contributed by atoms with Crippen molar-refractivity contribution in [1.82, 2.24) is 4.48 Å². The smallest absolute Gasteiger partial charge is 0.155 e. The lowest BCUT2D eigenvalue weighted by molar-refractivity contribution is 0.0977. The van der Waals surface area contributed by atoms with Crippen molar-refractivity contribution >= 4 is 19.3 Å². The van der Waals surface area contributed by atoms with Crippen LogP contribution in [0.3, 0.4) is 0 Å². The molecule has 174 valence electrons. The third-order valence-corrected chi connectivity index (χ3v) is 14.7. The molecular formula is C28H48NOSi+. The van der Waals surface area contributed by atoms with Crippen LogP contribution in [0.2, 0.25) is 18.1 Å². The Hall–Kier alpha value is -0.903. The summed E-state index contributed by atoms with van der Waals surface area (Å²) in [6.07, 6.45) is 9.79. The van der Waals surface area contributed by atoms with E-state index >= 15 is 0 Å². The monoisotopic (exact) mass is 442 g/mol. The van der Waals surface area contributed by atoms with Crippen LogP contribution in [0.25, 0.3) is 5.57 Å². The lowest BCUT2D eigenvalue weighted by Crippen LogP contribution is -2.51. The highest BCUT2D eigenvalue weighted by molar-refractivity contribution is 6.87. The van der Waals surface area contributed by atoms with Crippen molar-refractivity contribution in [3.63, 3.8) is 0 Å². The van der Waals surface area contributed by atoms with Crippen molar-refractivity contribution in [2.24, 2.45) is 11.8 Å². The van der Waals surface area contributed by atoms with Crippen molar-refractivity contribution in [2.45, 2.75) is 90.8 Å². The maximum absolute atomic E-state index is 6.54. The van der Waals surface area contributed by atoms with Crippen LogP contribution < -0.4 is 4.48 Å². The van der Waals surface area contributed by atoms with Crippen LogP contribution in [0.4, 0.5) is 5.69 Å². The maximum Gasteiger partial charge on any atom is 0.155 e. The van der Waals surface area contributed by atoms with Crippen LogP contribution in [0, 0.1) is 11.8 Å². The van der Waals surface area contributed by atoms with Crippen LogP contribution in [0.1, 0.15) is 78.2 Å². The van der Waals surface area contributed by atoms with Crippen molar-refractivity contribution in [3.8, 4) is 0 Å². The molecule has 1 aliphatic carbocycles. The Kier molecular flexibility index (Phi) is 8.62. The molecule has 0 unspecified atom stereocenters. The van der Waals surface area contributed by atoms with Crippen molar-refractivity contribution < 1.29 is 4.74 Å². The van der Waals surface area contributed by atoms with Crippen LogP contribution in [0.5, 0.6) is 0 Å². The van der Waals surface area contributed by atoms with E-state index in [9.17, 15) is 0 Å². The first-order chi connectivity index (χ1) is 14.9. The molecule has 1 aromatic carbocycles. The largest absolute Gasteiger partial charge is 0.376 e. The zero-order valence-corrected chi connectivity index (χ0v) is 22.3. The Bertz CT molecular complexity index is 733. The Morgan fingerprint density at radius 3 is 2.13 bits per heavy atom. The lowest BCUT2D eigenvalue weighted by atomic mass is 9.80. The van der Waals surface area contributed by atoms with E-state index in [-0.39, 0.29) is 0 Å². The topological polar surface area (TPSA) is 9.23 Å². The second-order valence-corrected chi connectivity index (χ2v) is 15.8. The van der Waals surface area contributed by atoms with Gasteiger partial charge in [-0.1, -0.05) is 90.1 Å². The normalized spacial score (nSPS) is 23.3. The fourth-order valence-corrected chi connectivity index (χ4v) is 11.3. The molecule has 0 radical (unpaired) electrons. The SMILES string of the molecule is CCCCC1CCC(COCC2=C([Si](CC)(CC)CC)[N+](C)(C)c3ccccc32)CC1. The summed E-state index contributed by atoms with van der Waals surface area (Å²) in [7, 11) is 3.32. The summed E-state index contributed by atoms with van der Waals surface area (Å²) in [6, 6.07) is 13.1. The van der Waals surface area contributed by atoms with Crippen LogP contribution >= 0.6 is 0 Å². The van der Waals surface area contributed by atoms with Crippen molar-refractivity contribution in [3.05, 3.63) is 35.1 Å². The van der Waals surface area contributed by atoms with Gasteiger partial charge in [-0.15, -0.1) is 0 Å². The van der Waals surface area contributed by atoms with Gasteiger partial charge in [0.15, 0.2) is 8.07 Å². The number of benzene rings is 1. The summed E-state index contributed by atoms with van der Waals surface area (Å²) < 4.78 is 7.48. The first-order valence-corrected chi connectivity index (χ1v) is 15.8. The molecule has 2 aliphatic rings. The summed E-state index contributed by atoms with van der Waals surface area (Å²) in [4.78, 5) is 0. The third-order valence-electron chi connectivity index (χ3n) is 8.74. The molecule has 1 aliphatic heterocycles. The zero-order chi connectivity index (χ0) is 22.5.